The van der Waals surface area contributed by atoms with Gasteiger partial charge in [0.25, 0.3) is 10.1 Å². The van der Waals surface area contributed by atoms with Crippen molar-refractivity contribution in [3.63, 3.8) is 0 Å². The smallest absolute Gasteiger partial charge is 0.293 e. The molecule has 0 aliphatic carbocycles. The van der Waals surface area contributed by atoms with Crippen molar-refractivity contribution < 1.29 is 39.1 Å². The average Bonchev–Trinajstić information content (AvgIpc) is 2.31. The van der Waals surface area contributed by atoms with Gasteiger partial charge in [-0.2, -0.15) is 8.42 Å². The van der Waals surface area contributed by atoms with Crippen LogP contribution < -0.4 is 0 Å². The first kappa shape index (κ1) is 13.5. The molecule has 0 amide bonds. The summed E-state index contributed by atoms with van der Waals surface area (Å²) in [5, 5.41) is 9.18. The van der Waals surface area contributed by atoms with E-state index in [9.17, 15) is 13.5 Å². The minimum atomic E-state index is -4.31. The van der Waals surface area contributed by atoms with Gasteiger partial charge in [-0.1, -0.05) is 0 Å². The monoisotopic (exact) mass is 379 g/mol. The molecule has 1 saturated heterocycles. The van der Waals surface area contributed by atoms with Crippen LogP contribution in [0.15, 0.2) is 0 Å². The Morgan fingerprint density at radius 3 is 2.38 bits per heavy atom. The summed E-state index contributed by atoms with van der Waals surface area (Å²) < 4.78 is 29.6. The first-order valence-corrected chi connectivity index (χ1v) is 5.28. The van der Waals surface area contributed by atoms with Gasteiger partial charge in [0.1, 0.15) is 0 Å². The van der Waals surface area contributed by atoms with Gasteiger partial charge < -0.3 is 5.11 Å². The number of likely N-dealkylation sites (tertiary alicyclic amines) is 1. The number of hydrogen-bond donors (Lipinski definition) is 2. The SMILES string of the molecule is CN1CCC[C@@H]1C(O)S(=O)(=O)O.[W]. The van der Waals surface area contributed by atoms with Crippen LogP contribution in [0.2, 0.25) is 0 Å². The van der Waals surface area contributed by atoms with Crippen molar-refractivity contribution in [3.05, 3.63) is 0 Å². The van der Waals surface area contributed by atoms with E-state index in [1.54, 1.807) is 11.9 Å². The van der Waals surface area contributed by atoms with Crippen LogP contribution in [0.4, 0.5) is 0 Å². The predicted molar refractivity (Wildman–Crippen MR) is 43.2 cm³/mol. The molecule has 0 saturated carbocycles. The summed E-state index contributed by atoms with van der Waals surface area (Å²) in [4.78, 5) is 1.73. The van der Waals surface area contributed by atoms with E-state index in [-0.39, 0.29) is 21.1 Å². The fourth-order valence-electron chi connectivity index (χ4n) is 1.49. The van der Waals surface area contributed by atoms with Crippen molar-refractivity contribution in [2.75, 3.05) is 13.6 Å². The zero-order valence-electron chi connectivity index (χ0n) is 7.25. The minimum absolute atomic E-state index is 0. The van der Waals surface area contributed by atoms with Gasteiger partial charge in [-0.05, 0) is 26.4 Å². The summed E-state index contributed by atoms with van der Waals surface area (Å²) in [5.74, 6) is 0. The van der Waals surface area contributed by atoms with E-state index in [0.29, 0.717) is 6.42 Å². The van der Waals surface area contributed by atoms with Crippen molar-refractivity contribution in [1.82, 2.24) is 4.90 Å². The third-order valence-corrected chi connectivity index (χ3v) is 3.14. The van der Waals surface area contributed by atoms with Crippen molar-refractivity contribution in [3.8, 4) is 0 Å². The molecule has 78 valence electrons. The second kappa shape index (κ2) is 4.84. The molecule has 1 aliphatic rings. The molecule has 1 rings (SSSR count). The third kappa shape index (κ3) is 3.29. The predicted octanol–water partition coefficient (Wildman–Crippen LogP) is -0.716. The molecule has 1 heterocycles. The third-order valence-electron chi connectivity index (χ3n) is 2.21. The van der Waals surface area contributed by atoms with Crippen LogP contribution in [0, 0.1) is 0 Å². The molecule has 0 bridgehead atoms. The molecule has 1 fully saturated rings. The molecular weight excluding hydrogens is 366 g/mol. The van der Waals surface area contributed by atoms with Crippen LogP contribution in [-0.4, -0.2) is 48.0 Å². The van der Waals surface area contributed by atoms with Gasteiger partial charge in [0.2, 0.25) is 0 Å². The molecule has 1 aliphatic heterocycles. The Bertz CT molecular complexity index is 255. The Hall–Kier alpha value is 0.518. The topological polar surface area (TPSA) is 77.8 Å². The summed E-state index contributed by atoms with van der Waals surface area (Å²) in [6.45, 7) is 0.761. The van der Waals surface area contributed by atoms with E-state index in [2.05, 4.69) is 0 Å². The number of nitrogens with zero attached hydrogens (tertiary/aromatic N) is 1. The van der Waals surface area contributed by atoms with Crippen molar-refractivity contribution >= 4 is 10.1 Å². The van der Waals surface area contributed by atoms with Gasteiger partial charge in [-0.25, -0.2) is 0 Å². The number of rotatable bonds is 2. The summed E-state index contributed by atoms with van der Waals surface area (Å²) in [6.07, 6.45) is 1.46. The average molecular weight is 379 g/mol. The number of likely N-dealkylation sites (N-methyl/N-ethyl adjacent to an activating group) is 1. The van der Waals surface area contributed by atoms with E-state index in [1.807, 2.05) is 0 Å². The standard InChI is InChI=1S/C6H13NO4S.W/c1-7-4-2-3-5(7)6(8)12(9,10)11;/h5-6,8H,2-4H2,1H3,(H,9,10,11);/t5-,6?;/m1./s1. The Balaban J connectivity index is 0.00000144. The van der Waals surface area contributed by atoms with E-state index < -0.39 is 21.6 Å². The largest absolute Gasteiger partial charge is 0.374 e. The molecule has 1 unspecified atom stereocenters. The Kier molecular flexibility index (Phi) is 5.04. The molecule has 13 heavy (non-hydrogen) atoms. The van der Waals surface area contributed by atoms with Crippen molar-refractivity contribution in [2.24, 2.45) is 0 Å². The van der Waals surface area contributed by atoms with Gasteiger partial charge in [0, 0.05) is 21.1 Å². The molecule has 2 atom stereocenters. The minimum Gasteiger partial charge on any atom is -0.374 e. The molecule has 0 spiro atoms. The van der Waals surface area contributed by atoms with Gasteiger partial charge in [0.15, 0.2) is 5.44 Å². The number of hydrogen-bond acceptors (Lipinski definition) is 4. The van der Waals surface area contributed by atoms with Crippen LogP contribution >= 0.6 is 0 Å². The maximum absolute atomic E-state index is 10.5. The zero-order chi connectivity index (χ0) is 9.35. The zero-order valence-corrected chi connectivity index (χ0v) is 11.0. The quantitative estimate of drug-likeness (QED) is 0.620. The molecule has 7 heteroatoms. The molecular formula is C6H13NO4SW. The van der Waals surface area contributed by atoms with Crippen LogP contribution in [0.25, 0.3) is 0 Å². The molecule has 5 nitrogen and oxygen atoms in total. The molecule has 2 N–H and O–H groups in total. The number of aliphatic hydroxyl groups is 1. The summed E-state index contributed by atoms with van der Waals surface area (Å²) >= 11 is 0. The van der Waals surface area contributed by atoms with E-state index in [0.717, 1.165) is 13.0 Å². The van der Waals surface area contributed by atoms with E-state index in [4.69, 9.17) is 4.55 Å². The van der Waals surface area contributed by atoms with Crippen LogP contribution in [0.3, 0.4) is 0 Å². The van der Waals surface area contributed by atoms with Crippen molar-refractivity contribution in [2.45, 2.75) is 24.3 Å². The van der Waals surface area contributed by atoms with Gasteiger partial charge in [-0.15, -0.1) is 0 Å². The van der Waals surface area contributed by atoms with Crippen LogP contribution in [-0.2, 0) is 31.2 Å². The van der Waals surface area contributed by atoms with Gasteiger partial charge in [-0.3, -0.25) is 9.45 Å². The van der Waals surface area contributed by atoms with E-state index >= 15 is 0 Å². The Morgan fingerprint density at radius 1 is 1.54 bits per heavy atom. The van der Waals surface area contributed by atoms with Gasteiger partial charge >= 0.3 is 0 Å². The van der Waals surface area contributed by atoms with Gasteiger partial charge in [0.05, 0.1) is 6.04 Å². The molecule has 0 aromatic heterocycles. The Labute approximate surface area is 92.1 Å². The maximum atomic E-state index is 10.5. The second-order valence-corrected chi connectivity index (χ2v) is 4.61. The summed E-state index contributed by atoms with van der Waals surface area (Å²) in [5.41, 5.74) is -1.66. The second-order valence-electron chi connectivity index (χ2n) is 3.10. The fraction of sp³-hybridized carbons (Fsp3) is 1.00. The first-order chi connectivity index (χ1) is 5.43. The van der Waals surface area contributed by atoms with Crippen LogP contribution in [0.1, 0.15) is 12.8 Å². The number of aliphatic hydroxyl groups excluding tert-OH is 1. The summed E-state index contributed by atoms with van der Waals surface area (Å²) in [7, 11) is -2.58. The maximum Gasteiger partial charge on any atom is 0.293 e. The van der Waals surface area contributed by atoms with Crippen molar-refractivity contribution in [1.29, 1.82) is 0 Å². The van der Waals surface area contributed by atoms with Crippen LogP contribution in [0.5, 0.6) is 0 Å². The summed E-state index contributed by atoms with van der Waals surface area (Å²) in [6, 6.07) is -0.458. The normalized spacial score (nSPS) is 26.8. The molecule has 0 aromatic carbocycles. The fourth-order valence-corrected chi connectivity index (χ4v) is 2.24. The Morgan fingerprint density at radius 2 is 2.08 bits per heavy atom. The molecule has 0 aromatic rings. The first-order valence-electron chi connectivity index (χ1n) is 3.77. The van der Waals surface area contributed by atoms with E-state index in [1.165, 1.54) is 0 Å². The molecule has 0 radical (unpaired) electrons.